The molecule has 11 rings (SSSR count). The Morgan fingerprint density at radius 2 is 0.673 bits per heavy atom. The van der Waals surface area contributed by atoms with E-state index in [1.165, 1.54) is 9.40 Å². The van der Waals surface area contributed by atoms with Gasteiger partial charge < -0.3 is 9.13 Å². The van der Waals surface area contributed by atoms with E-state index < -0.39 is 0 Å². The highest BCUT2D eigenvalue weighted by atomic mass is 32.1. The van der Waals surface area contributed by atoms with Crippen molar-refractivity contribution in [1.82, 2.24) is 9.13 Å². The molecule has 0 spiro atoms. The molecule has 0 fully saturated rings. The Bertz CT molecular complexity index is 3250. The molecule has 0 aliphatic rings. The largest absolute Gasteiger partial charge is 0.308 e. The van der Waals surface area contributed by atoms with E-state index in [0.29, 0.717) is 0 Å². The number of rotatable bonds is 2. The number of nitrogens with zero attached hydrogens (tertiary/aromatic N) is 2. The van der Waals surface area contributed by atoms with E-state index in [2.05, 4.69) is 94.1 Å². The smallest absolute Gasteiger partial charge is 0.195 e. The van der Waals surface area contributed by atoms with Gasteiger partial charge in [0.1, 0.15) is 0 Å². The third-order valence-electron chi connectivity index (χ3n) is 9.81. The van der Waals surface area contributed by atoms with E-state index in [9.17, 15) is 9.59 Å². The minimum Gasteiger partial charge on any atom is -0.308 e. The average molecular weight is 741 g/mol. The molecule has 4 nitrogen and oxygen atoms in total. The first kappa shape index (κ1) is 30.0. The summed E-state index contributed by atoms with van der Waals surface area (Å²) in [6.07, 6.45) is 0. The minimum atomic E-state index is 0.0734. The van der Waals surface area contributed by atoms with Gasteiger partial charge in [0.25, 0.3) is 0 Å². The highest BCUT2D eigenvalue weighted by molar-refractivity contribution is 7.26. The molecule has 0 aliphatic heterocycles. The molecule has 0 aliphatic carbocycles. The molecule has 0 radical (unpaired) electrons. The molecule has 0 bridgehead atoms. The Balaban J connectivity index is 1.22. The first-order valence-electron chi connectivity index (χ1n) is 16.8. The van der Waals surface area contributed by atoms with Crippen molar-refractivity contribution in [3.8, 4) is 11.4 Å². The lowest BCUT2D eigenvalue weighted by Crippen LogP contribution is -2.04. The number of para-hydroxylation sites is 2. The van der Waals surface area contributed by atoms with Crippen molar-refractivity contribution in [1.29, 1.82) is 0 Å². The van der Waals surface area contributed by atoms with Crippen molar-refractivity contribution in [2.24, 2.45) is 0 Å². The zero-order valence-corrected chi connectivity index (χ0v) is 30.5. The highest BCUT2D eigenvalue weighted by Gasteiger charge is 2.17. The lowest BCUT2D eigenvalue weighted by Gasteiger charge is -2.19. The maximum atomic E-state index is 13.5. The van der Waals surface area contributed by atoms with Gasteiger partial charge in [-0.15, -0.1) is 45.3 Å². The number of hydrogen-bond donors (Lipinski definition) is 0. The van der Waals surface area contributed by atoms with Crippen LogP contribution in [0, 0.1) is 0 Å². The van der Waals surface area contributed by atoms with E-state index in [-0.39, 0.29) is 10.9 Å². The zero-order valence-electron chi connectivity index (χ0n) is 27.2. The zero-order chi connectivity index (χ0) is 34.5. The number of aromatic nitrogens is 2. The third kappa shape index (κ3) is 4.49. The van der Waals surface area contributed by atoms with Gasteiger partial charge in [-0.2, -0.15) is 0 Å². The van der Waals surface area contributed by atoms with Crippen LogP contribution in [-0.2, 0) is 0 Å². The van der Waals surface area contributed by atoms with Crippen molar-refractivity contribution in [2.75, 3.05) is 0 Å². The van der Waals surface area contributed by atoms with Crippen LogP contribution in [0.2, 0.25) is 0 Å². The average Bonchev–Trinajstić information content (AvgIpc) is 3.18. The Labute approximate surface area is 311 Å². The van der Waals surface area contributed by atoms with E-state index >= 15 is 0 Å². The van der Waals surface area contributed by atoms with Crippen LogP contribution in [0.4, 0.5) is 0 Å². The monoisotopic (exact) mass is 740 g/mol. The lowest BCUT2D eigenvalue weighted by atomic mass is 10.1. The van der Waals surface area contributed by atoms with Crippen LogP contribution in [-0.4, -0.2) is 9.13 Å². The van der Waals surface area contributed by atoms with Crippen molar-refractivity contribution in [2.45, 2.75) is 0 Å². The van der Waals surface area contributed by atoms with Gasteiger partial charge in [0.05, 0.1) is 40.9 Å². The molecule has 0 saturated carbocycles. The van der Waals surface area contributed by atoms with Crippen LogP contribution in [0.25, 0.3) is 92.6 Å². The van der Waals surface area contributed by atoms with Gasteiger partial charge in [-0.3, -0.25) is 9.59 Å². The topological polar surface area (TPSA) is 44.0 Å². The Morgan fingerprint density at radius 3 is 1.13 bits per heavy atom. The summed E-state index contributed by atoms with van der Waals surface area (Å²) in [7, 11) is 0. The maximum Gasteiger partial charge on any atom is 0.195 e. The molecular weight excluding hydrogens is 717 g/mol. The summed E-state index contributed by atoms with van der Waals surface area (Å²) in [6.45, 7) is 0. The van der Waals surface area contributed by atoms with Crippen LogP contribution < -0.4 is 10.9 Å². The lowest BCUT2D eigenvalue weighted by molar-refractivity contribution is 1.17. The molecule has 8 heteroatoms. The first-order chi connectivity index (χ1) is 25.6. The van der Waals surface area contributed by atoms with Crippen LogP contribution in [0.3, 0.4) is 0 Å². The summed E-state index contributed by atoms with van der Waals surface area (Å²) in [6, 6.07) is 49.9. The van der Waals surface area contributed by atoms with Gasteiger partial charge in [-0.25, -0.2) is 0 Å². The minimum absolute atomic E-state index is 0.0734. The Kier molecular flexibility index (Phi) is 6.60. The summed E-state index contributed by atoms with van der Waals surface area (Å²) in [5, 5.41) is 3.02. The SMILES string of the molecule is O=c1c2ccccc2sc2cc(-n3c4ccccc4sc4cc5c(cc43)sc3ccccc3n5-c3ccc4c(=O)c5ccccc5sc4c3)ccc12. The molecule has 4 aromatic heterocycles. The van der Waals surface area contributed by atoms with E-state index in [1.54, 1.807) is 45.3 Å². The van der Waals surface area contributed by atoms with Crippen LogP contribution in [0.5, 0.6) is 0 Å². The summed E-state index contributed by atoms with van der Waals surface area (Å²) in [5.41, 5.74) is 6.61. The van der Waals surface area contributed by atoms with Crippen LogP contribution in [0.1, 0.15) is 0 Å². The first-order valence-corrected chi connectivity index (χ1v) is 20.1. The third-order valence-corrected chi connectivity index (χ3v) is 14.3. The van der Waals surface area contributed by atoms with Crippen molar-refractivity contribution in [3.63, 3.8) is 0 Å². The molecule has 11 aromatic rings. The van der Waals surface area contributed by atoms with Crippen molar-refractivity contribution < 1.29 is 0 Å². The molecular formula is C44H24N2O2S4. The molecule has 0 amide bonds. The number of hydrogen-bond acceptors (Lipinski definition) is 6. The second kappa shape index (κ2) is 11.4. The van der Waals surface area contributed by atoms with Crippen LogP contribution in [0.15, 0.2) is 155 Å². The second-order valence-corrected chi connectivity index (χ2v) is 17.1. The highest BCUT2D eigenvalue weighted by Crippen LogP contribution is 2.40. The summed E-state index contributed by atoms with van der Waals surface area (Å²) < 4.78 is 13.2. The molecule has 246 valence electrons. The van der Waals surface area contributed by atoms with Gasteiger partial charge in [0.15, 0.2) is 10.9 Å². The molecule has 4 heterocycles. The number of fused-ring (bicyclic) bond motifs is 8. The normalized spacial score (nSPS) is 12.0. The molecule has 7 aromatic carbocycles. The van der Waals surface area contributed by atoms with Gasteiger partial charge in [-0.1, -0.05) is 48.5 Å². The molecule has 0 unspecified atom stereocenters. The standard InChI is InChI=1S/C44H24N2O2S4/c47-43-27-9-1-5-13-35(27)49-39-21-25(17-19-29(39)43)45-31-11-3-7-15-37(31)51-41-24-34-42(23-33(41)45)52-38-16-8-4-12-32(38)46(34)26-18-20-30-40(22-26)50-36-14-6-2-10-28(36)44(30)48/h1-24H. The molecule has 0 saturated heterocycles. The number of benzene rings is 7. The van der Waals surface area contributed by atoms with Gasteiger partial charge in [-0.05, 0) is 97.1 Å². The van der Waals surface area contributed by atoms with Gasteiger partial charge in [0, 0.05) is 51.7 Å². The maximum absolute atomic E-state index is 13.5. The van der Waals surface area contributed by atoms with E-state index in [1.807, 2.05) is 60.7 Å². The summed E-state index contributed by atoms with van der Waals surface area (Å²) in [4.78, 5) is 27.0. The van der Waals surface area contributed by atoms with E-state index in [0.717, 1.165) is 83.2 Å². The summed E-state index contributed by atoms with van der Waals surface area (Å²) in [5.74, 6) is 0. The van der Waals surface area contributed by atoms with Gasteiger partial charge >= 0.3 is 0 Å². The van der Waals surface area contributed by atoms with E-state index in [4.69, 9.17) is 0 Å². The van der Waals surface area contributed by atoms with Gasteiger partial charge in [0.2, 0.25) is 0 Å². The molecule has 0 atom stereocenters. The molecule has 52 heavy (non-hydrogen) atoms. The fourth-order valence-electron chi connectivity index (χ4n) is 7.42. The van der Waals surface area contributed by atoms with Crippen molar-refractivity contribution >= 4 is 127 Å². The Hall–Kier alpha value is -5.64. The fraction of sp³-hybridized carbons (Fsp3) is 0. The Morgan fingerprint density at radius 1 is 0.308 bits per heavy atom. The quantitative estimate of drug-likeness (QED) is 0.166. The predicted octanol–water partition coefficient (Wildman–Crippen LogP) is 12.6. The molecule has 0 N–H and O–H groups in total. The fourth-order valence-corrected chi connectivity index (χ4v) is 11.8. The second-order valence-electron chi connectivity index (χ2n) is 12.8. The van der Waals surface area contributed by atoms with Crippen LogP contribution >= 0.6 is 45.3 Å². The predicted molar refractivity (Wildman–Crippen MR) is 227 cm³/mol. The summed E-state index contributed by atoms with van der Waals surface area (Å²) >= 11 is 6.88. The van der Waals surface area contributed by atoms with Crippen molar-refractivity contribution in [3.05, 3.63) is 166 Å².